The van der Waals surface area contributed by atoms with Crippen molar-refractivity contribution in [1.29, 1.82) is 0 Å². The lowest BCUT2D eigenvalue weighted by molar-refractivity contribution is -0.125. The highest BCUT2D eigenvalue weighted by atomic mass is 35.5. The van der Waals surface area contributed by atoms with Crippen LogP contribution < -0.4 is 11.1 Å². The van der Waals surface area contributed by atoms with E-state index in [2.05, 4.69) is 10.2 Å². The van der Waals surface area contributed by atoms with Gasteiger partial charge >= 0.3 is 0 Å². The van der Waals surface area contributed by atoms with Crippen LogP contribution in [0.4, 0.5) is 0 Å². The number of nitrogens with zero attached hydrogens (tertiary/aromatic N) is 1. The molecule has 0 saturated carbocycles. The van der Waals surface area contributed by atoms with Crippen molar-refractivity contribution in [3.8, 4) is 0 Å². The van der Waals surface area contributed by atoms with Crippen LogP contribution in [0, 0.1) is 0 Å². The van der Waals surface area contributed by atoms with E-state index in [-0.39, 0.29) is 69.8 Å². The van der Waals surface area contributed by atoms with Crippen molar-refractivity contribution in [2.75, 3.05) is 19.6 Å². The number of β-amino-alcohol motifs (C(OH)–C–C–N with tert-alkyl or cyclic N) is 1. The van der Waals surface area contributed by atoms with Gasteiger partial charge in [0.15, 0.2) is 0 Å². The Balaban J connectivity index is -0.00000132. The Kier molecular flexibility index (Phi) is 18.7. The van der Waals surface area contributed by atoms with Crippen molar-refractivity contribution < 1.29 is 9.90 Å². The van der Waals surface area contributed by atoms with Crippen LogP contribution in [0.15, 0.2) is 30.3 Å². The smallest absolute Gasteiger partial charge is 0.237 e. The van der Waals surface area contributed by atoms with Crippen molar-refractivity contribution in [2.45, 2.75) is 44.4 Å². The number of hydrogen-bond donors (Lipinski definition) is 3. The predicted molar refractivity (Wildman–Crippen MR) is 123 cm³/mol. The molecule has 0 unspecified atom stereocenters. The first-order chi connectivity index (χ1) is 10.6. The zero-order valence-electron chi connectivity index (χ0n) is 15.1. The van der Waals surface area contributed by atoms with Crippen LogP contribution in [0.2, 0.25) is 0 Å². The van der Waals surface area contributed by atoms with Gasteiger partial charge in [-0.1, -0.05) is 30.3 Å². The van der Waals surface area contributed by atoms with Gasteiger partial charge in [0.05, 0.1) is 12.1 Å². The summed E-state index contributed by atoms with van der Waals surface area (Å²) in [5.41, 5.74) is 7.25. The normalized spacial score (nSPS) is 18.2. The summed E-state index contributed by atoms with van der Waals surface area (Å²) < 4.78 is 0. The maximum Gasteiger partial charge on any atom is 0.237 e. The maximum absolute atomic E-state index is 12.0. The minimum atomic E-state index is -0.629. The standard InChI is InChI=1S/C17H27N3O2.2ClH.2H2S/c1-2-19-17(22)15-9-6-10-20(15)12-16(21)14(18)11-13-7-4-3-5-8-13;;;;/h3-5,7-8,14-16,21H,2,6,9-12,18H2,1H3,(H,19,22);2*1H;2*1H2/t14-,15+,16+;;;;/m1..../s1. The Labute approximate surface area is 183 Å². The molecule has 0 aliphatic carbocycles. The second-order valence-electron chi connectivity index (χ2n) is 5.97. The van der Waals surface area contributed by atoms with Crippen molar-refractivity contribution in [2.24, 2.45) is 5.73 Å². The van der Waals surface area contributed by atoms with Gasteiger partial charge in [-0.15, -0.1) is 24.8 Å². The predicted octanol–water partition coefficient (Wildman–Crippen LogP) is 1.59. The molecule has 1 aromatic rings. The molecule has 154 valence electrons. The summed E-state index contributed by atoms with van der Waals surface area (Å²) in [6.07, 6.45) is 1.85. The highest BCUT2D eigenvalue weighted by Gasteiger charge is 2.32. The number of nitrogens with one attached hydrogen (secondary N) is 1. The maximum atomic E-state index is 12.0. The molecule has 4 N–H and O–H groups in total. The Morgan fingerprint density at radius 2 is 1.92 bits per heavy atom. The molecule has 1 aliphatic heterocycles. The monoisotopic (exact) mass is 445 g/mol. The van der Waals surface area contributed by atoms with Gasteiger partial charge in [-0.05, 0) is 38.3 Å². The zero-order chi connectivity index (χ0) is 15.9. The van der Waals surface area contributed by atoms with Crippen LogP contribution in [-0.2, 0) is 11.2 Å². The molecule has 5 nitrogen and oxygen atoms in total. The van der Waals surface area contributed by atoms with Gasteiger partial charge in [0.2, 0.25) is 5.91 Å². The minimum Gasteiger partial charge on any atom is -0.390 e. The summed E-state index contributed by atoms with van der Waals surface area (Å²) in [6, 6.07) is 9.49. The Morgan fingerprint density at radius 1 is 1.31 bits per heavy atom. The molecule has 0 aromatic heterocycles. The van der Waals surface area contributed by atoms with Crippen LogP contribution in [0.3, 0.4) is 0 Å². The average Bonchev–Trinajstić information content (AvgIpc) is 2.96. The van der Waals surface area contributed by atoms with Gasteiger partial charge < -0.3 is 16.2 Å². The van der Waals surface area contributed by atoms with Gasteiger partial charge in [0, 0.05) is 19.1 Å². The number of rotatable bonds is 7. The van der Waals surface area contributed by atoms with E-state index >= 15 is 0 Å². The molecule has 1 heterocycles. The van der Waals surface area contributed by atoms with Gasteiger partial charge in [-0.3, -0.25) is 9.69 Å². The molecular weight excluding hydrogens is 413 g/mol. The van der Waals surface area contributed by atoms with E-state index in [1.54, 1.807) is 0 Å². The van der Waals surface area contributed by atoms with Crippen LogP contribution in [0.25, 0.3) is 0 Å². The molecule has 0 bridgehead atoms. The number of halogens is 2. The molecule has 0 radical (unpaired) electrons. The fraction of sp³-hybridized carbons (Fsp3) is 0.588. The minimum absolute atomic E-state index is 0. The van der Waals surface area contributed by atoms with E-state index in [0.717, 1.165) is 24.9 Å². The third kappa shape index (κ3) is 9.17. The van der Waals surface area contributed by atoms with E-state index in [0.29, 0.717) is 19.5 Å². The fourth-order valence-electron chi connectivity index (χ4n) is 3.03. The van der Waals surface area contributed by atoms with Gasteiger partial charge in [-0.25, -0.2) is 0 Å². The summed E-state index contributed by atoms with van der Waals surface area (Å²) >= 11 is 0. The molecule has 1 amide bonds. The lowest BCUT2D eigenvalue weighted by Gasteiger charge is -2.28. The molecule has 1 saturated heterocycles. The second-order valence-corrected chi connectivity index (χ2v) is 5.97. The molecule has 3 atom stereocenters. The highest BCUT2D eigenvalue weighted by molar-refractivity contribution is 7.59. The number of aliphatic hydroxyl groups excluding tert-OH is 1. The SMILES string of the molecule is CCNC(=O)[C@@H]1CCCN1C[C@H](O)[C@H](N)Cc1ccccc1.Cl.Cl.S.S. The number of nitrogens with two attached hydrogens (primary N) is 1. The van der Waals surface area contributed by atoms with Crippen molar-refractivity contribution in [3.05, 3.63) is 35.9 Å². The molecule has 1 fully saturated rings. The number of benzene rings is 1. The summed E-state index contributed by atoms with van der Waals surface area (Å²) in [5.74, 6) is 0.0591. The van der Waals surface area contributed by atoms with Crippen LogP contribution in [0.5, 0.6) is 0 Å². The molecule has 0 spiro atoms. The van der Waals surface area contributed by atoms with Gasteiger partial charge in [0.1, 0.15) is 0 Å². The average molecular weight is 447 g/mol. The number of likely N-dealkylation sites (N-methyl/N-ethyl adjacent to an activating group) is 1. The van der Waals surface area contributed by atoms with Crippen LogP contribution >= 0.6 is 51.8 Å². The quantitative estimate of drug-likeness (QED) is 0.595. The number of carbonyl (C=O) groups is 1. The molecular formula is C17H33Cl2N3O2S2. The van der Waals surface area contributed by atoms with E-state index in [9.17, 15) is 9.90 Å². The van der Waals surface area contributed by atoms with E-state index < -0.39 is 6.10 Å². The van der Waals surface area contributed by atoms with Crippen molar-refractivity contribution in [3.63, 3.8) is 0 Å². The third-order valence-electron chi connectivity index (χ3n) is 4.25. The lowest BCUT2D eigenvalue weighted by atomic mass is 10.0. The Hall–Kier alpha value is -0.150. The largest absolute Gasteiger partial charge is 0.390 e. The summed E-state index contributed by atoms with van der Waals surface area (Å²) in [5, 5.41) is 13.2. The molecule has 26 heavy (non-hydrogen) atoms. The van der Waals surface area contributed by atoms with Crippen molar-refractivity contribution >= 4 is 57.7 Å². The summed E-state index contributed by atoms with van der Waals surface area (Å²) in [4.78, 5) is 14.1. The van der Waals surface area contributed by atoms with Gasteiger partial charge in [0.25, 0.3) is 0 Å². The van der Waals surface area contributed by atoms with Crippen LogP contribution in [0.1, 0.15) is 25.3 Å². The highest BCUT2D eigenvalue weighted by Crippen LogP contribution is 2.18. The molecule has 1 aliphatic rings. The first kappa shape index (κ1) is 30.6. The number of carbonyl (C=O) groups excluding carboxylic acids is 1. The van der Waals surface area contributed by atoms with Gasteiger partial charge in [-0.2, -0.15) is 27.0 Å². The first-order valence-corrected chi connectivity index (χ1v) is 8.11. The first-order valence-electron chi connectivity index (χ1n) is 8.11. The Morgan fingerprint density at radius 3 is 2.50 bits per heavy atom. The number of hydrogen-bond acceptors (Lipinski definition) is 4. The fourth-order valence-corrected chi connectivity index (χ4v) is 3.03. The molecule has 9 heteroatoms. The topological polar surface area (TPSA) is 78.6 Å². The Bertz CT molecular complexity index is 486. The number of amides is 1. The van der Waals surface area contributed by atoms with E-state index in [1.165, 1.54) is 0 Å². The van der Waals surface area contributed by atoms with Crippen molar-refractivity contribution in [1.82, 2.24) is 10.2 Å². The zero-order valence-corrected chi connectivity index (χ0v) is 18.7. The number of likely N-dealkylation sites (tertiary alicyclic amines) is 1. The summed E-state index contributed by atoms with van der Waals surface area (Å²) in [7, 11) is 0. The molecule has 1 aromatic carbocycles. The summed E-state index contributed by atoms with van der Waals surface area (Å²) in [6.45, 7) is 3.85. The van der Waals surface area contributed by atoms with E-state index in [1.807, 2.05) is 37.3 Å². The lowest BCUT2D eigenvalue weighted by Crippen LogP contribution is -2.50. The number of aliphatic hydroxyl groups is 1. The third-order valence-corrected chi connectivity index (χ3v) is 4.25. The van der Waals surface area contributed by atoms with E-state index in [4.69, 9.17) is 5.73 Å². The molecule has 2 rings (SSSR count). The van der Waals surface area contributed by atoms with Crippen LogP contribution in [-0.4, -0.2) is 53.7 Å². The second kappa shape index (κ2) is 15.9.